The molecule has 0 aromatic heterocycles. The van der Waals surface area contributed by atoms with Gasteiger partial charge >= 0.3 is 0 Å². The molecule has 3 aromatic carbocycles. The number of benzene rings is 3. The molecule has 23 heavy (non-hydrogen) atoms. The van der Waals surface area contributed by atoms with E-state index in [-0.39, 0.29) is 5.82 Å². The largest absolute Gasteiger partial charge is 0.488 e. The highest BCUT2D eigenvalue weighted by Gasteiger charge is 2.11. The van der Waals surface area contributed by atoms with Crippen LogP contribution in [0.1, 0.15) is 11.1 Å². The van der Waals surface area contributed by atoms with Gasteiger partial charge in [-0.05, 0) is 29.8 Å². The summed E-state index contributed by atoms with van der Waals surface area (Å²) in [5, 5.41) is 9.26. The second-order valence-corrected chi connectivity index (χ2v) is 5.07. The molecule has 0 N–H and O–H groups in total. The Kier molecular flexibility index (Phi) is 4.35. The first-order chi connectivity index (χ1) is 11.3. The summed E-state index contributed by atoms with van der Waals surface area (Å²) in [5.41, 5.74) is 2.71. The molecule has 0 fully saturated rings. The molecule has 3 aromatic rings. The summed E-state index contributed by atoms with van der Waals surface area (Å²) in [6.07, 6.45) is 0. The molecule has 0 saturated heterocycles. The van der Waals surface area contributed by atoms with E-state index >= 15 is 0 Å². The fraction of sp³-hybridized carbons (Fsp3) is 0.0500. The third kappa shape index (κ3) is 3.38. The lowest BCUT2D eigenvalue weighted by molar-refractivity contribution is 0.307. The van der Waals surface area contributed by atoms with Crippen molar-refractivity contribution in [2.45, 2.75) is 6.61 Å². The molecule has 0 bridgehead atoms. The molecular formula is C20H14FNO. The summed E-state index contributed by atoms with van der Waals surface area (Å²) in [7, 11) is 0. The van der Waals surface area contributed by atoms with Gasteiger partial charge in [-0.15, -0.1) is 0 Å². The minimum absolute atomic E-state index is 0.378. The fourth-order valence-corrected chi connectivity index (χ4v) is 2.39. The number of para-hydroxylation sites is 1. The Labute approximate surface area is 134 Å². The average Bonchev–Trinajstić information content (AvgIpc) is 2.61. The van der Waals surface area contributed by atoms with Gasteiger partial charge in [-0.25, -0.2) is 4.39 Å². The Hall–Kier alpha value is -3.12. The average molecular weight is 303 g/mol. The zero-order chi connectivity index (χ0) is 16.1. The van der Waals surface area contributed by atoms with E-state index in [2.05, 4.69) is 6.07 Å². The third-order valence-electron chi connectivity index (χ3n) is 3.52. The highest BCUT2D eigenvalue weighted by atomic mass is 19.1. The maximum atomic E-state index is 13.6. The monoisotopic (exact) mass is 303 g/mol. The number of nitriles is 1. The molecule has 0 saturated carbocycles. The molecule has 3 rings (SSSR count). The summed E-state index contributed by atoms with van der Waals surface area (Å²) in [6, 6.07) is 23.4. The molecule has 0 aliphatic rings. The molecule has 0 radical (unpaired) electrons. The second-order valence-electron chi connectivity index (χ2n) is 5.07. The van der Waals surface area contributed by atoms with E-state index in [0.717, 1.165) is 5.56 Å². The van der Waals surface area contributed by atoms with E-state index in [9.17, 15) is 9.65 Å². The van der Waals surface area contributed by atoms with Gasteiger partial charge in [0.15, 0.2) is 0 Å². The molecule has 2 nitrogen and oxygen atoms in total. The summed E-state index contributed by atoms with van der Waals surface area (Å²) in [4.78, 5) is 0. The molecule has 0 heterocycles. The summed E-state index contributed by atoms with van der Waals surface area (Å²) >= 11 is 0. The van der Waals surface area contributed by atoms with Crippen molar-refractivity contribution < 1.29 is 9.13 Å². The predicted octanol–water partition coefficient (Wildman–Crippen LogP) is 4.94. The van der Waals surface area contributed by atoms with E-state index in [0.29, 0.717) is 29.0 Å². The lowest BCUT2D eigenvalue weighted by Crippen LogP contribution is -1.97. The van der Waals surface area contributed by atoms with Gasteiger partial charge in [-0.2, -0.15) is 5.26 Å². The quantitative estimate of drug-likeness (QED) is 0.683. The van der Waals surface area contributed by atoms with Crippen LogP contribution in [-0.4, -0.2) is 0 Å². The Morgan fingerprint density at radius 2 is 1.61 bits per heavy atom. The highest BCUT2D eigenvalue weighted by Crippen LogP contribution is 2.33. The third-order valence-corrected chi connectivity index (χ3v) is 3.52. The molecule has 0 atom stereocenters. The van der Waals surface area contributed by atoms with Gasteiger partial charge in [0.2, 0.25) is 0 Å². The van der Waals surface area contributed by atoms with Gasteiger partial charge in [-0.3, -0.25) is 0 Å². The van der Waals surface area contributed by atoms with E-state index in [1.54, 1.807) is 0 Å². The Bertz CT molecular complexity index is 853. The van der Waals surface area contributed by atoms with Crippen LogP contribution in [0.3, 0.4) is 0 Å². The summed E-state index contributed by atoms with van der Waals surface area (Å²) < 4.78 is 19.5. The van der Waals surface area contributed by atoms with Crippen molar-refractivity contribution in [3.63, 3.8) is 0 Å². The minimum Gasteiger partial charge on any atom is -0.488 e. The normalized spacial score (nSPS) is 10.1. The van der Waals surface area contributed by atoms with Crippen molar-refractivity contribution in [3.8, 4) is 22.9 Å². The van der Waals surface area contributed by atoms with Crippen molar-refractivity contribution in [1.29, 1.82) is 5.26 Å². The van der Waals surface area contributed by atoms with Gasteiger partial charge in [0, 0.05) is 11.1 Å². The van der Waals surface area contributed by atoms with Crippen LogP contribution in [0.5, 0.6) is 5.75 Å². The van der Waals surface area contributed by atoms with Gasteiger partial charge in [0.25, 0.3) is 0 Å². The second kappa shape index (κ2) is 6.76. The SMILES string of the molecule is N#Cc1ccc(F)cc1-c1ccccc1OCc1ccccc1. The van der Waals surface area contributed by atoms with Crippen molar-refractivity contribution in [2.24, 2.45) is 0 Å². The molecule has 0 spiro atoms. The Balaban J connectivity index is 1.96. The van der Waals surface area contributed by atoms with Crippen molar-refractivity contribution in [3.05, 3.63) is 89.7 Å². The lowest BCUT2D eigenvalue weighted by atomic mass is 9.99. The standard InChI is InChI=1S/C20H14FNO/c21-17-11-10-16(13-22)19(12-17)18-8-4-5-9-20(18)23-14-15-6-2-1-3-7-15/h1-12H,14H2. The van der Waals surface area contributed by atoms with Gasteiger partial charge in [0.05, 0.1) is 11.6 Å². The zero-order valence-corrected chi connectivity index (χ0v) is 12.4. The van der Waals surface area contributed by atoms with Crippen molar-refractivity contribution in [1.82, 2.24) is 0 Å². The number of ether oxygens (including phenoxy) is 1. The predicted molar refractivity (Wildman–Crippen MR) is 87.3 cm³/mol. The number of rotatable bonds is 4. The van der Waals surface area contributed by atoms with Gasteiger partial charge < -0.3 is 4.74 Å². The first kappa shape index (κ1) is 14.8. The topological polar surface area (TPSA) is 33.0 Å². The molecule has 112 valence electrons. The Morgan fingerprint density at radius 3 is 2.39 bits per heavy atom. The van der Waals surface area contributed by atoms with Crippen LogP contribution in [-0.2, 0) is 6.61 Å². The van der Waals surface area contributed by atoms with Crippen LogP contribution in [0, 0.1) is 17.1 Å². The first-order valence-electron chi connectivity index (χ1n) is 7.24. The zero-order valence-electron chi connectivity index (χ0n) is 12.4. The molecule has 0 aliphatic carbocycles. The number of hydrogen-bond acceptors (Lipinski definition) is 2. The summed E-state index contributed by atoms with van der Waals surface area (Å²) in [6.45, 7) is 0.412. The summed E-state index contributed by atoms with van der Waals surface area (Å²) in [5.74, 6) is 0.246. The number of nitrogens with zero attached hydrogens (tertiary/aromatic N) is 1. The Morgan fingerprint density at radius 1 is 0.870 bits per heavy atom. The van der Waals surface area contributed by atoms with Gasteiger partial charge in [0.1, 0.15) is 18.2 Å². The minimum atomic E-state index is -0.378. The van der Waals surface area contributed by atoms with Gasteiger partial charge in [-0.1, -0.05) is 48.5 Å². The van der Waals surface area contributed by atoms with E-state index in [4.69, 9.17) is 4.74 Å². The van der Waals surface area contributed by atoms with E-state index in [1.165, 1.54) is 18.2 Å². The smallest absolute Gasteiger partial charge is 0.127 e. The maximum Gasteiger partial charge on any atom is 0.127 e. The van der Waals surface area contributed by atoms with Crippen LogP contribution >= 0.6 is 0 Å². The van der Waals surface area contributed by atoms with Crippen LogP contribution in [0.15, 0.2) is 72.8 Å². The lowest BCUT2D eigenvalue weighted by Gasteiger charge is -2.13. The van der Waals surface area contributed by atoms with Crippen molar-refractivity contribution in [2.75, 3.05) is 0 Å². The van der Waals surface area contributed by atoms with Crippen molar-refractivity contribution >= 4 is 0 Å². The van der Waals surface area contributed by atoms with Crippen LogP contribution in [0.4, 0.5) is 4.39 Å². The molecular weight excluding hydrogens is 289 g/mol. The maximum absolute atomic E-state index is 13.6. The van der Waals surface area contributed by atoms with Crippen LogP contribution in [0.2, 0.25) is 0 Å². The highest BCUT2D eigenvalue weighted by molar-refractivity contribution is 5.75. The van der Waals surface area contributed by atoms with E-state index in [1.807, 2.05) is 54.6 Å². The number of halogens is 1. The van der Waals surface area contributed by atoms with Crippen LogP contribution in [0.25, 0.3) is 11.1 Å². The first-order valence-corrected chi connectivity index (χ1v) is 7.24. The number of hydrogen-bond donors (Lipinski definition) is 0. The fourth-order valence-electron chi connectivity index (χ4n) is 2.39. The molecule has 0 aliphatic heterocycles. The van der Waals surface area contributed by atoms with E-state index < -0.39 is 0 Å². The molecule has 0 unspecified atom stereocenters. The molecule has 3 heteroatoms. The van der Waals surface area contributed by atoms with Crippen LogP contribution < -0.4 is 4.74 Å². The molecule has 0 amide bonds.